The van der Waals surface area contributed by atoms with Crippen LogP contribution in [0.3, 0.4) is 0 Å². The first-order chi connectivity index (χ1) is 8.61. The summed E-state index contributed by atoms with van der Waals surface area (Å²) in [4.78, 5) is 0. The molecule has 2 nitrogen and oxygen atoms in total. The van der Waals surface area contributed by atoms with E-state index >= 15 is 0 Å². The standard InChI is InChI=1S/C16H25NO/c1-11(2)13-6-4-12(5-7-13)10-15(17)16(18-3)14-8-9-14/h4-7,11,14-16H,8-10,17H2,1-3H3. The van der Waals surface area contributed by atoms with Gasteiger partial charge in [-0.1, -0.05) is 38.1 Å². The van der Waals surface area contributed by atoms with Crippen LogP contribution in [0.4, 0.5) is 0 Å². The lowest BCUT2D eigenvalue weighted by Gasteiger charge is -2.22. The van der Waals surface area contributed by atoms with Crippen LogP contribution < -0.4 is 5.73 Å². The zero-order chi connectivity index (χ0) is 13.1. The third kappa shape index (κ3) is 3.33. The Bertz CT molecular complexity index is 367. The van der Waals surface area contributed by atoms with E-state index in [1.165, 1.54) is 24.0 Å². The number of methoxy groups -OCH3 is 1. The smallest absolute Gasteiger partial charge is 0.0753 e. The van der Waals surface area contributed by atoms with E-state index in [0.29, 0.717) is 11.8 Å². The molecule has 1 saturated carbocycles. The average Bonchev–Trinajstić information content (AvgIpc) is 3.15. The number of hydrogen-bond donors (Lipinski definition) is 1. The van der Waals surface area contributed by atoms with E-state index in [1.54, 1.807) is 7.11 Å². The number of nitrogens with two attached hydrogens (primary N) is 1. The molecule has 1 fully saturated rings. The minimum Gasteiger partial charge on any atom is -0.380 e. The van der Waals surface area contributed by atoms with Gasteiger partial charge in [0.05, 0.1) is 6.10 Å². The number of ether oxygens (including phenoxy) is 1. The van der Waals surface area contributed by atoms with E-state index in [4.69, 9.17) is 10.5 Å². The van der Waals surface area contributed by atoms with Crippen molar-refractivity contribution in [1.29, 1.82) is 0 Å². The minimum atomic E-state index is 0.118. The third-order valence-electron chi connectivity index (χ3n) is 3.90. The normalized spacial score (nSPS) is 18.9. The van der Waals surface area contributed by atoms with Crippen LogP contribution in [0.2, 0.25) is 0 Å². The van der Waals surface area contributed by atoms with Crippen molar-refractivity contribution in [3.8, 4) is 0 Å². The van der Waals surface area contributed by atoms with Gasteiger partial charge in [-0.15, -0.1) is 0 Å². The number of hydrogen-bond acceptors (Lipinski definition) is 2. The summed E-state index contributed by atoms with van der Waals surface area (Å²) in [7, 11) is 1.78. The van der Waals surface area contributed by atoms with Gasteiger partial charge in [0.15, 0.2) is 0 Å². The molecule has 0 radical (unpaired) electrons. The highest BCUT2D eigenvalue weighted by Crippen LogP contribution is 2.35. The Morgan fingerprint density at radius 2 is 1.83 bits per heavy atom. The Balaban J connectivity index is 1.95. The molecule has 0 aromatic heterocycles. The van der Waals surface area contributed by atoms with Crippen LogP contribution in [0.1, 0.15) is 43.7 Å². The molecular weight excluding hydrogens is 222 g/mol. The summed E-state index contributed by atoms with van der Waals surface area (Å²) in [6.45, 7) is 4.43. The first-order valence-electron chi connectivity index (χ1n) is 6.99. The van der Waals surface area contributed by atoms with E-state index < -0.39 is 0 Å². The monoisotopic (exact) mass is 247 g/mol. The Hall–Kier alpha value is -0.860. The molecule has 1 aliphatic rings. The Morgan fingerprint density at radius 3 is 2.28 bits per heavy atom. The molecule has 0 aliphatic heterocycles. The molecule has 0 spiro atoms. The van der Waals surface area contributed by atoms with Gasteiger partial charge in [-0.05, 0) is 42.2 Å². The lowest BCUT2D eigenvalue weighted by atomic mass is 9.96. The zero-order valence-electron chi connectivity index (χ0n) is 11.7. The predicted octanol–water partition coefficient (Wildman–Crippen LogP) is 3.10. The van der Waals surface area contributed by atoms with Crippen LogP contribution in [0.15, 0.2) is 24.3 Å². The van der Waals surface area contributed by atoms with Gasteiger partial charge in [0.25, 0.3) is 0 Å². The fourth-order valence-corrected chi connectivity index (χ4v) is 2.57. The Kier molecular flexibility index (Phi) is 4.41. The van der Waals surface area contributed by atoms with Gasteiger partial charge in [0.1, 0.15) is 0 Å². The van der Waals surface area contributed by atoms with Crippen molar-refractivity contribution in [2.75, 3.05) is 7.11 Å². The number of benzene rings is 1. The van der Waals surface area contributed by atoms with Gasteiger partial charge >= 0.3 is 0 Å². The molecule has 1 aliphatic carbocycles. The van der Waals surface area contributed by atoms with Crippen molar-refractivity contribution in [3.63, 3.8) is 0 Å². The second kappa shape index (κ2) is 5.85. The summed E-state index contributed by atoms with van der Waals surface area (Å²) < 4.78 is 5.55. The summed E-state index contributed by atoms with van der Waals surface area (Å²) in [6, 6.07) is 8.95. The summed E-state index contributed by atoms with van der Waals surface area (Å²) >= 11 is 0. The van der Waals surface area contributed by atoms with E-state index in [2.05, 4.69) is 38.1 Å². The van der Waals surface area contributed by atoms with Crippen LogP contribution in [0.25, 0.3) is 0 Å². The molecule has 2 unspecified atom stereocenters. The van der Waals surface area contributed by atoms with E-state index in [-0.39, 0.29) is 12.1 Å². The first kappa shape index (κ1) is 13.6. The lowest BCUT2D eigenvalue weighted by Crippen LogP contribution is -2.39. The van der Waals surface area contributed by atoms with Gasteiger partial charge in [0.2, 0.25) is 0 Å². The molecule has 0 amide bonds. The summed E-state index contributed by atoms with van der Waals surface area (Å²) in [5.74, 6) is 1.28. The van der Waals surface area contributed by atoms with Crippen LogP contribution in [-0.4, -0.2) is 19.3 Å². The zero-order valence-corrected chi connectivity index (χ0v) is 11.7. The average molecular weight is 247 g/mol. The maximum atomic E-state index is 6.27. The lowest BCUT2D eigenvalue weighted by molar-refractivity contribution is 0.0627. The molecule has 2 rings (SSSR count). The van der Waals surface area contributed by atoms with Gasteiger partial charge in [-0.2, -0.15) is 0 Å². The quantitative estimate of drug-likeness (QED) is 0.838. The van der Waals surface area contributed by atoms with Crippen molar-refractivity contribution in [3.05, 3.63) is 35.4 Å². The van der Waals surface area contributed by atoms with Crippen molar-refractivity contribution in [2.24, 2.45) is 11.7 Å². The second-order valence-electron chi connectivity index (χ2n) is 5.80. The highest BCUT2D eigenvalue weighted by atomic mass is 16.5. The third-order valence-corrected chi connectivity index (χ3v) is 3.90. The van der Waals surface area contributed by atoms with Gasteiger partial charge in [-0.3, -0.25) is 0 Å². The maximum Gasteiger partial charge on any atom is 0.0753 e. The molecule has 18 heavy (non-hydrogen) atoms. The molecular formula is C16H25NO. The van der Waals surface area contributed by atoms with Crippen molar-refractivity contribution in [2.45, 2.75) is 51.2 Å². The molecule has 0 bridgehead atoms. The molecule has 2 heteroatoms. The summed E-state index contributed by atoms with van der Waals surface area (Å²) in [5, 5.41) is 0. The Labute approximate surface area is 111 Å². The second-order valence-corrected chi connectivity index (χ2v) is 5.80. The topological polar surface area (TPSA) is 35.2 Å². The first-order valence-corrected chi connectivity index (χ1v) is 6.99. The van der Waals surface area contributed by atoms with Crippen LogP contribution in [0, 0.1) is 5.92 Å². The van der Waals surface area contributed by atoms with Crippen LogP contribution >= 0.6 is 0 Å². The van der Waals surface area contributed by atoms with Crippen molar-refractivity contribution < 1.29 is 4.74 Å². The largest absolute Gasteiger partial charge is 0.380 e. The fraction of sp³-hybridized carbons (Fsp3) is 0.625. The number of rotatable bonds is 6. The van der Waals surface area contributed by atoms with Crippen LogP contribution in [-0.2, 0) is 11.2 Å². The maximum absolute atomic E-state index is 6.27. The molecule has 100 valence electrons. The molecule has 2 N–H and O–H groups in total. The SMILES string of the molecule is COC(C(N)Cc1ccc(C(C)C)cc1)C1CC1. The Morgan fingerprint density at radius 1 is 1.22 bits per heavy atom. The van der Waals surface area contributed by atoms with Crippen LogP contribution in [0.5, 0.6) is 0 Å². The van der Waals surface area contributed by atoms with Gasteiger partial charge < -0.3 is 10.5 Å². The van der Waals surface area contributed by atoms with E-state index in [9.17, 15) is 0 Å². The van der Waals surface area contributed by atoms with Gasteiger partial charge in [-0.25, -0.2) is 0 Å². The molecule has 1 aromatic carbocycles. The highest BCUT2D eigenvalue weighted by Gasteiger charge is 2.35. The minimum absolute atomic E-state index is 0.118. The van der Waals surface area contributed by atoms with Gasteiger partial charge in [0, 0.05) is 13.2 Å². The molecule has 1 aromatic rings. The summed E-state index contributed by atoms with van der Waals surface area (Å²) in [6.07, 6.45) is 3.69. The molecule has 0 saturated heterocycles. The highest BCUT2D eigenvalue weighted by molar-refractivity contribution is 5.25. The fourth-order valence-electron chi connectivity index (χ4n) is 2.57. The van der Waals surface area contributed by atoms with E-state index in [1.807, 2.05) is 0 Å². The molecule has 2 atom stereocenters. The molecule has 0 heterocycles. The predicted molar refractivity (Wildman–Crippen MR) is 75.7 cm³/mol. The summed E-state index contributed by atoms with van der Waals surface area (Å²) in [5.41, 5.74) is 8.98. The van der Waals surface area contributed by atoms with E-state index in [0.717, 1.165) is 6.42 Å². The van der Waals surface area contributed by atoms with Crippen molar-refractivity contribution >= 4 is 0 Å². The van der Waals surface area contributed by atoms with Crippen molar-refractivity contribution in [1.82, 2.24) is 0 Å².